The third-order valence-electron chi connectivity index (χ3n) is 1.96. The molecule has 1 aromatic rings. The molecule has 0 saturated heterocycles. The number of carbonyl (C=O) groups is 1. The summed E-state index contributed by atoms with van der Waals surface area (Å²) in [4.78, 5) is 10.8. The number of carboxylic acid groups (broad SMARTS) is 1. The van der Waals surface area contributed by atoms with Crippen molar-refractivity contribution in [3.05, 3.63) is 33.8 Å². The molecule has 0 aliphatic heterocycles. The quantitative estimate of drug-likeness (QED) is 0.910. The van der Waals surface area contributed by atoms with Crippen LogP contribution in [0.5, 0.6) is 0 Å². The number of benzene rings is 1. The van der Waals surface area contributed by atoms with Gasteiger partial charge in [-0.3, -0.25) is 0 Å². The Bertz CT molecular complexity index is 396. The van der Waals surface area contributed by atoms with E-state index in [1.165, 1.54) is 0 Å². The van der Waals surface area contributed by atoms with Crippen LogP contribution >= 0.6 is 27.7 Å². The van der Waals surface area contributed by atoms with E-state index in [2.05, 4.69) is 36.7 Å². The van der Waals surface area contributed by atoms with E-state index in [0.29, 0.717) is 5.56 Å². The summed E-state index contributed by atoms with van der Waals surface area (Å²) in [5.74, 6) is -0.0139. The number of hydrogen-bond acceptors (Lipinski definition) is 2. The predicted octanol–water partition coefficient (Wildman–Crippen LogP) is 4.18. The first-order valence-electron chi connectivity index (χ1n) is 4.95. The Kier molecular flexibility index (Phi) is 4.44. The molecule has 0 amide bonds. The summed E-state index contributed by atoms with van der Waals surface area (Å²) in [5, 5.41) is 8.83. The van der Waals surface area contributed by atoms with Crippen LogP contribution in [0, 0.1) is 0 Å². The minimum atomic E-state index is -0.893. The zero-order valence-electron chi connectivity index (χ0n) is 9.58. The number of rotatable bonds is 3. The van der Waals surface area contributed by atoms with E-state index in [4.69, 9.17) is 5.11 Å². The third-order valence-corrected chi connectivity index (χ3v) is 4.02. The molecule has 1 N–H and O–H groups in total. The molecule has 88 valence electrons. The van der Waals surface area contributed by atoms with Gasteiger partial charge in [0.1, 0.15) is 0 Å². The van der Waals surface area contributed by atoms with Gasteiger partial charge in [0.2, 0.25) is 0 Å². The Morgan fingerprint density at radius 1 is 1.44 bits per heavy atom. The van der Waals surface area contributed by atoms with Crippen molar-refractivity contribution in [3.8, 4) is 0 Å². The van der Waals surface area contributed by atoms with Gasteiger partial charge in [-0.25, -0.2) is 4.79 Å². The highest BCUT2D eigenvalue weighted by atomic mass is 79.9. The molecule has 0 fully saturated rings. The van der Waals surface area contributed by atoms with Crippen LogP contribution in [0.15, 0.2) is 22.7 Å². The molecule has 0 atom stereocenters. The van der Waals surface area contributed by atoms with E-state index in [1.54, 1.807) is 12.1 Å². The van der Waals surface area contributed by atoms with Crippen molar-refractivity contribution in [3.63, 3.8) is 0 Å². The second-order valence-corrected chi connectivity index (χ2v) is 7.17. The van der Waals surface area contributed by atoms with Crippen molar-refractivity contribution >= 4 is 33.7 Å². The Labute approximate surface area is 109 Å². The largest absolute Gasteiger partial charge is 0.478 e. The summed E-state index contributed by atoms with van der Waals surface area (Å²) < 4.78 is 1.08. The van der Waals surface area contributed by atoms with Gasteiger partial charge in [-0.1, -0.05) is 42.8 Å². The van der Waals surface area contributed by atoms with E-state index in [1.807, 2.05) is 17.8 Å². The standard InChI is InChI=1S/C12H15BrO2S/c1-12(2,3)16-7-9-5-4-8(11(14)15)6-10(9)13/h4-6H,7H2,1-3H3,(H,14,15). The lowest BCUT2D eigenvalue weighted by Gasteiger charge is -2.18. The molecule has 0 heterocycles. The van der Waals surface area contributed by atoms with Crippen LogP contribution in [0.3, 0.4) is 0 Å². The van der Waals surface area contributed by atoms with Gasteiger partial charge in [0.25, 0.3) is 0 Å². The van der Waals surface area contributed by atoms with Crippen molar-refractivity contribution in [1.82, 2.24) is 0 Å². The van der Waals surface area contributed by atoms with Crippen molar-refractivity contribution in [1.29, 1.82) is 0 Å². The highest BCUT2D eigenvalue weighted by Gasteiger charge is 2.12. The zero-order valence-corrected chi connectivity index (χ0v) is 12.0. The molecular formula is C12H15BrO2S. The minimum absolute atomic E-state index is 0.213. The van der Waals surface area contributed by atoms with Crippen molar-refractivity contribution < 1.29 is 9.90 Å². The summed E-state index contributed by atoms with van der Waals surface area (Å²) >= 11 is 5.24. The second kappa shape index (κ2) is 5.23. The van der Waals surface area contributed by atoms with Crippen LogP contribution in [-0.2, 0) is 5.75 Å². The maximum atomic E-state index is 10.8. The minimum Gasteiger partial charge on any atom is -0.478 e. The van der Waals surface area contributed by atoms with Gasteiger partial charge < -0.3 is 5.11 Å². The van der Waals surface area contributed by atoms with E-state index < -0.39 is 5.97 Å². The van der Waals surface area contributed by atoms with E-state index in [-0.39, 0.29) is 4.75 Å². The van der Waals surface area contributed by atoms with Crippen LogP contribution < -0.4 is 0 Å². The van der Waals surface area contributed by atoms with Gasteiger partial charge in [-0.15, -0.1) is 0 Å². The summed E-state index contributed by atoms with van der Waals surface area (Å²) in [6.07, 6.45) is 0. The van der Waals surface area contributed by atoms with Gasteiger partial charge in [0.15, 0.2) is 0 Å². The molecule has 0 aliphatic rings. The summed E-state index contributed by atoms with van der Waals surface area (Å²) in [6, 6.07) is 5.17. The predicted molar refractivity (Wildman–Crippen MR) is 72.1 cm³/mol. The van der Waals surface area contributed by atoms with Gasteiger partial charge >= 0.3 is 5.97 Å². The number of carboxylic acids is 1. The molecule has 16 heavy (non-hydrogen) atoms. The molecule has 0 aromatic heterocycles. The SMILES string of the molecule is CC(C)(C)SCc1ccc(C(=O)O)cc1Br. The fraction of sp³-hybridized carbons (Fsp3) is 0.417. The number of halogens is 1. The lowest BCUT2D eigenvalue weighted by atomic mass is 10.1. The fourth-order valence-electron chi connectivity index (χ4n) is 1.09. The molecule has 0 unspecified atom stereocenters. The molecule has 0 saturated carbocycles. The topological polar surface area (TPSA) is 37.3 Å². The summed E-state index contributed by atoms with van der Waals surface area (Å²) in [5.41, 5.74) is 1.45. The van der Waals surface area contributed by atoms with Crippen LogP contribution in [-0.4, -0.2) is 15.8 Å². The van der Waals surface area contributed by atoms with Gasteiger partial charge in [0.05, 0.1) is 5.56 Å². The first-order valence-corrected chi connectivity index (χ1v) is 6.73. The van der Waals surface area contributed by atoms with Crippen LogP contribution in [0.2, 0.25) is 0 Å². The van der Waals surface area contributed by atoms with Gasteiger partial charge in [-0.05, 0) is 17.7 Å². The maximum absolute atomic E-state index is 10.8. The Hall–Kier alpha value is -0.480. The monoisotopic (exact) mass is 302 g/mol. The average Bonchev–Trinajstić information content (AvgIpc) is 2.14. The highest BCUT2D eigenvalue weighted by molar-refractivity contribution is 9.10. The molecule has 1 rings (SSSR count). The maximum Gasteiger partial charge on any atom is 0.335 e. The molecule has 0 bridgehead atoms. The van der Waals surface area contributed by atoms with Crippen LogP contribution in [0.1, 0.15) is 36.7 Å². The van der Waals surface area contributed by atoms with Gasteiger partial charge in [0, 0.05) is 15.0 Å². The van der Waals surface area contributed by atoms with E-state index in [9.17, 15) is 4.79 Å². The first-order chi connectivity index (χ1) is 7.29. The molecule has 0 spiro atoms. The molecule has 2 nitrogen and oxygen atoms in total. The molecule has 0 aliphatic carbocycles. The smallest absolute Gasteiger partial charge is 0.335 e. The Morgan fingerprint density at radius 2 is 2.06 bits per heavy atom. The second-order valence-electron chi connectivity index (χ2n) is 4.51. The Morgan fingerprint density at radius 3 is 2.50 bits per heavy atom. The van der Waals surface area contributed by atoms with Crippen molar-refractivity contribution in [2.24, 2.45) is 0 Å². The molecular weight excluding hydrogens is 288 g/mol. The number of thioether (sulfide) groups is 1. The average molecular weight is 303 g/mol. The summed E-state index contributed by atoms with van der Waals surface area (Å²) in [7, 11) is 0. The summed E-state index contributed by atoms with van der Waals surface area (Å²) in [6.45, 7) is 6.49. The molecule has 0 radical (unpaired) electrons. The Balaban J connectivity index is 2.80. The van der Waals surface area contributed by atoms with E-state index >= 15 is 0 Å². The zero-order chi connectivity index (χ0) is 12.3. The number of hydrogen-bond donors (Lipinski definition) is 1. The lowest BCUT2D eigenvalue weighted by Crippen LogP contribution is -2.07. The van der Waals surface area contributed by atoms with E-state index in [0.717, 1.165) is 15.8 Å². The third kappa shape index (κ3) is 4.18. The van der Waals surface area contributed by atoms with Crippen LogP contribution in [0.4, 0.5) is 0 Å². The van der Waals surface area contributed by atoms with Crippen molar-refractivity contribution in [2.75, 3.05) is 0 Å². The molecule has 4 heteroatoms. The molecule has 1 aromatic carbocycles. The fourth-order valence-corrected chi connectivity index (χ4v) is 2.64. The normalized spacial score (nSPS) is 11.5. The van der Waals surface area contributed by atoms with Crippen LogP contribution in [0.25, 0.3) is 0 Å². The van der Waals surface area contributed by atoms with Crippen molar-refractivity contribution in [2.45, 2.75) is 31.3 Å². The highest BCUT2D eigenvalue weighted by Crippen LogP contribution is 2.30. The number of aromatic carboxylic acids is 1. The first kappa shape index (κ1) is 13.6. The van der Waals surface area contributed by atoms with Gasteiger partial charge in [-0.2, -0.15) is 11.8 Å². The lowest BCUT2D eigenvalue weighted by molar-refractivity contribution is 0.0697.